The maximum atomic E-state index is 12.0. The van der Waals surface area contributed by atoms with E-state index in [1.807, 2.05) is 37.3 Å². The molecule has 2 saturated heterocycles. The normalized spacial score (nSPS) is 31.2. The third-order valence-corrected chi connectivity index (χ3v) is 3.40. The van der Waals surface area contributed by atoms with Crippen molar-refractivity contribution in [1.82, 2.24) is 10.2 Å². The third kappa shape index (κ3) is 1.59. The standard InChI is InChI=1S/C13H14N2O3/c1-8-11-12(17)14-7-10(16)15(11)13(18-8)9-5-3-2-4-6-9/h2-6,8,11,13H,7H2,1H3,(H,14,17)/t8-,11+,13+/m1/s1. The summed E-state index contributed by atoms with van der Waals surface area (Å²) < 4.78 is 5.78. The van der Waals surface area contributed by atoms with Gasteiger partial charge in [0.1, 0.15) is 6.04 Å². The summed E-state index contributed by atoms with van der Waals surface area (Å²) in [6.07, 6.45) is -0.746. The zero-order chi connectivity index (χ0) is 12.7. The van der Waals surface area contributed by atoms with Crippen molar-refractivity contribution in [3.63, 3.8) is 0 Å². The van der Waals surface area contributed by atoms with E-state index in [0.717, 1.165) is 5.56 Å². The van der Waals surface area contributed by atoms with E-state index in [4.69, 9.17) is 4.74 Å². The molecule has 0 spiro atoms. The predicted molar refractivity (Wildman–Crippen MR) is 63.4 cm³/mol. The van der Waals surface area contributed by atoms with E-state index in [0.29, 0.717) is 0 Å². The van der Waals surface area contributed by atoms with Crippen LogP contribution in [0, 0.1) is 0 Å². The Kier molecular flexibility index (Phi) is 2.56. The molecule has 1 aromatic rings. The lowest BCUT2D eigenvalue weighted by molar-refractivity contribution is -0.147. The summed E-state index contributed by atoms with van der Waals surface area (Å²) in [5.41, 5.74) is 0.898. The number of carbonyl (C=O) groups is 2. The van der Waals surface area contributed by atoms with Crippen LogP contribution in [0.2, 0.25) is 0 Å². The van der Waals surface area contributed by atoms with Crippen LogP contribution in [-0.4, -0.2) is 35.4 Å². The van der Waals surface area contributed by atoms with Crippen molar-refractivity contribution in [3.8, 4) is 0 Å². The van der Waals surface area contributed by atoms with Crippen LogP contribution in [0.3, 0.4) is 0 Å². The Morgan fingerprint density at radius 1 is 1.28 bits per heavy atom. The molecule has 2 aliphatic heterocycles. The van der Waals surface area contributed by atoms with Gasteiger partial charge in [0.15, 0.2) is 6.23 Å². The fraction of sp³-hybridized carbons (Fsp3) is 0.385. The molecular weight excluding hydrogens is 232 g/mol. The van der Waals surface area contributed by atoms with E-state index in [1.54, 1.807) is 4.90 Å². The van der Waals surface area contributed by atoms with E-state index in [9.17, 15) is 9.59 Å². The van der Waals surface area contributed by atoms with Gasteiger partial charge in [-0.3, -0.25) is 14.5 Å². The lowest BCUT2D eigenvalue weighted by Gasteiger charge is -2.32. The Bertz CT molecular complexity index is 488. The van der Waals surface area contributed by atoms with E-state index in [2.05, 4.69) is 5.32 Å². The molecule has 3 atom stereocenters. The van der Waals surface area contributed by atoms with Crippen molar-refractivity contribution >= 4 is 11.8 Å². The predicted octanol–water partition coefficient (Wildman–Crippen LogP) is 0.431. The van der Waals surface area contributed by atoms with Crippen LogP contribution in [0.4, 0.5) is 0 Å². The summed E-state index contributed by atoms with van der Waals surface area (Å²) >= 11 is 0. The Balaban J connectivity index is 1.98. The van der Waals surface area contributed by atoms with Crippen molar-refractivity contribution in [3.05, 3.63) is 35.9 Å². The minimum Gasteiger partial charge on any atom is -0.348 e. The highest BCUT2D eigenvalue weighted by Gasteiger charge is 2.49. The number of ether oxygens (including phenoxy) is 1. The Morgan fingerprint density at radius 2 is 2.00 bits per heavy atom. The van der Waals surface area contributed by atoms with Crippen molar-refractivity contribution in [1.29, 1.82) is 0 Å². The van der Waals surface area contributed by atoms with Gasteiger partial charge in [-0.1, -0.05) is 30.3 Å². The van der Waals surface area contributed by atoms with Gasteiger partial charge in [0.05, 0.1) is 12.6 Å². The van der Waals surface area contributed by atoms with Crippen LogP contribution in [0.1, 0.15) is 18.7 Å². The number of hydrogen-bond acceptors (Lipinski definition) is 3. The van der Waals surface area contributed by atoms with E-state index in [1.165, 1.54) is 0 Å². The fourth-order valence-corrected chi connectivity index (χ4v) is 2.56. The lowest BCUT2D eigenvalue weighted by Crippen LogP contribution is -2.58. The SMILES string of the molecule is C[C@H]1O[C@@H](c2ccccc2)N2C(=O)CNC(=O)[C@H]12. The third-order valence-electron chi connectivity index (χ3n) is 3.40. The molecule has 3 rings (SSSR count). The lowest BCUT2D eigenvalue weighted by atomic mass is 10.1. The number of fused-ring (bicyclic) bond motifs is 1. The van der Waals surface area contributed by atoms with Gasteiger partial charge >= 0.3 is 0 Å². The van der Waals surface area contributed by atoms with Crippen LogP contribution >= 0.6 is 0 Å². The summed E-state index contributed by atoms with van der Waals surface area (Å²) in [5.74, 6) is -0.238. The molecule has 2 fully saturated rings. The number of hydrogen-bond donors (Lipinski definition) is 1. The molecule has 5 heteroatoms. The number of piperazine rings is 1. The first kappa shape index (κ1) is 11.2. The summed E-state index contributed by atoms with van der Waals surface area (Å²) in [7, 11) is 0. The van der Waals surface area contributed by atoms with Crippen LogP contribution in [0.25, 0.3) is 0 Å². The van der Waals surface area contributed by atoms with Crippen LogP contribution in [0.15, 0.2) is 30.3 Å². The monoisotopic (exact) mass is 246 g/mol. The van der Waals surface area contributed by atoms with Crippen molar-refractivity contribution < 1.29 is 14.3 Å². The van der Waals surface area contributed by atoms with Crippen LogP contribution in [0.5, 0.6) is 0 Å². The summed E-state index contributed by atoms with van der Waals surface area (Å²) in [5, 5.41) is 2.60. The minimum atomic E-state index is -0.517. The number of nitrogens with zero attached hydrogens (tertiary/aromatic N) is 1. The van der Waals surface area contributed by atoms with E-state index < -0.39 is 12.3 Å². The van der Waals surface area contributed by atoms with E-state index in [-0.39, 0.29) is 24.5 Å². The van der Waals surface area contributed by atoms with Crippen molar-refractivity contribution in [2.45, 2.75) is 25.3 Å². The molecule has 5 nitrogen and oxygen atoms in total. The molecule has 0 aliphatic carbocycles. The first-order valence-corrected chi connectivity index (χ1v) is 5.98. The fourth-order valence-electron chi connectivity index (χ4n) is 2.56. The number of amides is 2. The highest BCUT2D eigenvalue weighted by atomic mass is 16.5. The Labute approximate surface area is 105 Å². The largest absolute Gasteiger partial charge is 0.348 e. The first-order chi connectivity index (χ1) is 8.68. The quantitative estimate of drug-likeness (QED) is 0.781. The van der Waals surface area contributed by atoms with E-state index >= 15 is 0 Å². The van der Waals surface area contributed by atoms with Gasteiger partial charge in [0.25, 0.3) is 0 Å². The van der Waals surface area contributed by atoms with Gasteiger partial charge in [-0.05, 0) is 6.92 Å². The number of rotatable bonds is 1. The number of nitrogens with one attached hydrogen (secondary N) is 1. The maximum Gasteiger partial charge on any atom is 0.246 e. The summed E-state index contributed by atoms with van der Waals surface area (Å²) in [6.45, 7) is 1.87. The molecule has 1 N–H and O–H groups in total. The van der Waals surface area contributed by atoms with Gasteiger partial charge in [0, 0.05) is 5.56 Å². The molecule has 2 heterocycles. The number of benzene rings is 1. The zero-order valence-corrected chi connectivity index (χ0v) is 10.00. The molecule has 94 valence electrons. The van der Waals surface area contributed by atoms with Gasteiger partial charge in [-0.25, -0.2) is 0 Å². The molecule has 1 aromatic carbocycles. The smallest absolute Gasteiger partial charge is 0.246 e. The maximum absolute atomic E-state index is 12.0. The topological polar surface area (TPSA) is 58.6 Å². The van der Waals surface area contributed by atoms with Gasteiger partial charge < -0.3 is 10.1 Å². The van der Waals surface area contributed by atoms with Gasteiger partial charge in [-0.15, -0.1) is 0 Å². The second-order valence-electron chi connectivity index (χ2n) is 4.57. The highest BCUT2D eigenvalue weighted by Crippen LogP contribution is 2.35. The van der Waals surface area contributed by atoms with Crippen molar-refractivity contribution in [2.24, 2.45) is 0 Å². The first-order valence-electron chi connectivity index (χ1n) is 5.98. The second-order valence-corrected chi connectivity index (χ2v) is 4.57. The molecular formula is C13H14N2O3. The zero-order valence-electron chi connectivity index (χ0n) is 10.00. The molecule has 2 amide bonds. The molecule has 0 saturated carbocycles. The Hall–Kier alpha value is -1.88. The van der Waals surface area contributed by atoms with Crippen LogP contribution in [-0.2, 0) is 14.3 Å². The molecule has 2 aliphatic rings. The molecule has 0 aromatic heterocycles. The average Bonchev–Trinajstić information content (AvgIpc) is 2.74. The summed E-state index contributed by atoms with van der Waals surface area (Å²) in [4.78, 5) is 25.4. The average molecular weight is 246 g/mol. The van der Waals surface area contributed by atoms with Crippen LogP contribution < -0.4 is 5.32 Å². The second kappa shape index (κ2) is 4.10. The molecule has 0 radical (unpaired) electrons. The Morgan fingerprint density at radius 3 is 2.72 bits per heavy atom. The molecule has 18 heavy (non-hydrogen) atoms. The van der Waals surface area contributed by atoms with Gasteiger partial charge in [0.2, 0.25) is 11.8 Å². The molecule has 0 unspecified atom stereocenters. The molecule has 0 bridgehead atoms. The number of carbonyl (C=O) groups excluding carboxylic acids is 2. The highest BCUT2D eigenvalue weighted by molar-refractivity contribution is 5.95. The van der Waals surface area contributed by atoms with Gasteiger partial charge in [-0.2, -0.15) is 0 Å². The minimum absolute atomic E-state index is 0.0503. The van der Waals surface area contributed by atoms with Crippen molar-refractivity contribution in [2.75, 3.05) is 6.54 Å². The summed E-state index contributed by atoms with van der Waals surface area (Å²) in [6, 6.07) is 8.98.